The fraction of sp³-hybridized carbons (Fsp3) is 0.429. The first kappa shape index (κ1) is 18.1. The molecule has 1 aromatic rings. The molecule has 1 rings (SSSR count). The van der Waals surface area contributed by atoms with Gasteiger partial charge in [-0.1, -0.05) is 12.1 Å². The van der Waals surface area contributed by atoms with Gasteiger partial charge in [0.15, 0.2) is 22.8 Å². The number of hydrogen-bond acceptors (Lipinski definition) is 3. The van der Waals surface area contributed by atoms with Crippen LogP contribution in [0.15, 0.2) is 24.3 Å². The minimum atomic E-state index is -0.863. The third-order valence-corrected chi connectivity index (χ3v) is 2.97. The van der Waals surface area contributed by atoms with Crippen molar-refractivity contribution in [3.8, 4) is 5.75 Å². The normalized spacial score (nSPS) is 11.7. The summed E-state index contributed by atoms with van der Waals surface area (Å²) in [5.41, 5.74) is 4.99. The fourth-order valence-corrected chi connectivity index (χ4v) is 1.63. The number of carbonyl (C=O) groups is 1. The van der Waals surface area contributed by atoms with Gasteiger partial charge in [0.25, 0.3) is 5.91 Å². The van der Waals surface area contributed by atoms with E-state index in [9.17, 15) is 9.18 Å². The number of likely N-dealkylation sites (N-methyl/N-ethyl adjacent to an activating group) is 1. The fourth-order valence-electron chi connectivity index (χ4n) is 1.47. The molecule has 0 radical (unpaired) electrons. The molecule has 0 saturated carbocycles. The van der Waals surface area contributed by atoms with Crippen LogP contribution < -0.4 is 25.8 Å². The Kier molecular flexibility index (Phi) is 7.55. The molecule has 6 nitrogen and oxygen atoms in total. The molecule has 0 heterocycles. The number of halogens is 1. The molecule has 0 aliphatic rings. The van der Waals surface area contributed by atoms with Crippen LogP contribution in [0, 0.1) is 5.82 Å². The van der Waals surface area contributed by atoms with Crippen molar-refractivity contribution in [3.63, 3.8) is 0 Å². The van der Waals surface area contributed by atoms with Crippen molar-refractivity contribution in [2.45, 2.75) is 13.0 Å². The summed E-state index contributed by atoms with van der Waals surface area (Å²) in [5.74, 6) is -0.941. The first-order valence-corrected chi connectivity index (χ1v) is 7.35. The second-order valence-corrected chi connectivity index (χ2v) is 5.43. The molecule has 0 fully saturated rings. The molecule has 0 aromatic heterocycles. The zero-order valence-corrected chi connectivity index (χ0v) is 13.7. The van der Waals surface area contributed by atoms with E-state index >= 15 is 0 Å². The van der Waals surface area contributed by atoms with Gasteiger partial charge in [-0.25, -0.2) is 4.39 Å². The van der Waals surface area contributed by atoms with E-state index in [4.69, 9.17) is 17.0 Å². The van der Waals surface area contributed by atoms with Crippen LogP contribution in [-0.2, 0) is 4.79 Å². The first-order chi connectivity index (χ1) is 10.4. The number of para-hydroxylation sites is 1. The van der Waals surface area contributed by atoms with E-state index in [0.717, 1.165) is 6.54 Å². The third kappa shape index (κ3) is 6.68. The van der Waals surface area contributed by atoms with E-state index in [0.29, 0.717) is 11.7 Å². The van der Waals surface area contributed by atoms with Gasteiger partial charge in [-0.05, 0) is 31.3 Å². The molecule has 0 bridgehead atoms. The summed E-state index contributed by atoms with van der Waals surface area (Å²) in [5, 5.41) is 3.26. The van der Waals surface area contributed by atoms with Crippen LogP contribution >= 0.6 is 12.2 Å². The van der Waals surface area contributed by atoms with Crippen LogP contribution in [0.3, 0.4) is 0 Å². The highest BCUT2D eigenvalue weighted by Gasteiger charge is 2.16. The molecule has 0 aliphatic carbocycles. The number of amides is 1. The summed E-state index contributed by atoms with van der Waals surface area (Å²) in [7, 11) is 4.06. The van der Waals surface area contributed by atoms with Crippen molar-refractivity contribution in [1.82, 2.24) is 16.2 Å². The summed E-state index contributed by atoms with van der Waals surface area (Å²) in [6.45, 7) is 3.10. The Morgan fingerprint density at radius 1 is 1.36 bits per heavy atom. The molecule has 1 amide bonds. The highest BCUT2D eigenvalue weighted by molar-refractivity contribution is 7.80. The maximum atomic E-state index is 13.4. The number of carbonyl (C=O) groups excluding carboxylic acids is 1. The monoisotopic (exact) mass is 329 g/mol. The van der Waals surface area contributed by atoms with Crippen molar-refractivity contribution in [2.75, 3.05) is 27.2 Å². The molecule has 1 atom stereocenters. The Morgan fingerprint density at radius 2 is 2.05 bits per heavy atom. The number of rotatable bonds is 6. The number of hydrazine groups is 1. The highest BCUT2D eigenvalue weighted by Crippen LogP contribution is 2.16. The Balaban J connectivity index is 2.32. The zero-order chi connectivity index (χ0) is 16.5. The number of hydrogen-bond donors (Lipinski definition) is 4. The molecule has 4 N–H and O–H groups in total. The van der Waals surface area contributed by atoms with Crippen molar-refractivity contribution in [1.29, 1.82) is 0 Å². The van der Waals surface area contributed by atoms with Crippen molar-refractivity contribution >= 4 is 23.2 Å². The SMILES string of the molecule is C[C@H](Oc1ccccc1F)C(=O)NNC(=S)NCC[NH+](C)C. The summed E-state index contributed by atoms with van der Waals surface area (Å²) in [6.07, 6.45) is -0.863. The van der Waals surface area contributed by atoms with Gasteiger partial charge in [0, 0.05) is 0 Å². The van der Waals surface area contributed by atoms with Gasteiger partial charge in [0.2, 0.25) is 0 Å². The lowest BCUT2D eigenvalue weighted by Gasteiger charge is -2.17. The van der Waals surface area contributed by atoms with Crippen LogP contribution in [0.25, 0.3) is 0 Å². The van der Waals surface area contributed by atoms with Gasteiger partial charge in [0.1, 0.15) is 0 Å². The molecular formula is C14H22FN4O2S+. The van der Waals surface area contributed by atoms with Crippen LogP contribution in [0.1, 0.15) is 6.92 Å². The van der Waals surface area contributed by atoms with E-state index < -0.39 is 17.8 Å². The summed E-state index contributed by atoms with van der Waals surface area (Å²) < 4.78 is 18.7. The van der Waals surface area contributed by atoms with Crippen LogP contribution in [0.5, 0.6) is 5.75 Å². The second-order valence-electron chi connectivity index (χ2n) is 5.02. The van der Waals surface area contributed by atoms with E-state index in [1.165, 1.54) is 24.0 Å². The number of benzene rings is 1. The Labute approximate surface area is 135 Å². The van der Waals surface area contributed by atoms with E-state index in [1.807, 2.05) is 14.1 Å². The first-order valence-electron chi connectivity index (χ1n) is 6.94. The molecule has 22 heavy (non-hydrogen) atoms. The smallest absolute Gasteiger partial charge is 0.279 e. The lowest BCUT2D eigenvalue weighted by atomic mass is 10.3. The minimum Gasteiger partial charge on any atom is -0.478 e. The van der Waals surface area contributed by atoms with E-state index in [-0.39, 0.29) is 5.75 Å². The van der Waals surface area contributed by atoms with Crippen molar-refractivity contribution in [3.05, 3.63) is 30.1 Å². The van der Waals surface area contributed by atoms with Crippen LogP contribution in [0.2, 0.25) is 0 Å². The number of thiocarbonyl (C=S) groups is 1. The average molecular weight is 329 g/mol. The zero-order valence-electron chi connectivity index (χ0n) is 12.9. The Morgan fingerprint density at radius 3 is 2.68 bits per heavy atom. The predicted octanol–water partition coefficient (Wildman–Crippen LogP) is -0.767. The van der Waals surface area contributed by atoms with Gasteiger partial charge in [-0.15, -0.1) is 0 Å². The standard InChI is InChI=1S/C14H21FN4O2S/c1-10(21-12-7-5-4-6-11(12)15)13(20)17-18-14(22)16-8-9-19(2)3/h4-7,10H,8-9H2,1-3H3,(H,17,20)(H2,16,18,22)/p+1/t10-/m0/s1. The second kappa shape index (κ2) is 9.16. The van der Waals surface area contributed by atoms with Gasteiger partial charge in [0.05, 0.1) is 27.2 Å². The van der Waals surface area contributed by atoms with Crippen LogP contribution in [0.4, 0.5) is 4.39 Å². The maximum Gasteiger partial charge on any atom is 0.279 e. The largest absolute Gasteiger partial charge is 0.478 e. The average Bonchev–Trinajstić information content (AvgIpc) is 2.46. The Bertz CT molecular complexity index is 513. The number of ether oxygens (including phenoxy) is 1. The van der Waals surface area contributed by atoms with Crippen molar-refractivity contribution in [2.24, 2.45) is 0 Å². The summed E-state index contributed by atoms with van der Waals surface area (Å²) in [6, 6.07) is 5.91. The lowest BCUT2D eigenvalue weighted by Crippen LogP contribution is -3.06. The minimum absolute atomic E-state index is 0.0276. The molecule has 0 aliphatic heterocycles. The molecule has 8 heteroatoms. The van der Waals surface area contributed by atoms with Gasteiger partial charge in [-0.2, -0.15) is 0 Å². The molecule has 0 unspecified atom stereocenters. The van der Waals surface area contributed by atoms with Gasteiger partial charge in [-0.3, -0.25) is 15.6 Å². The quantitative estimate of drug-likeness (QED) is 0.408. The van der Waals surface area contributed by atoms with Crippen molar-refractivity contribution < 1.29 is 18.8 Å². The predicted molar refractivity (Wildman–Crippen MR) is 86.0 cm³/mol. The summed E-state index contributed by atoms with van der Waals surface area (Å²) >= 11 is 5.01. The third-order valence-electron chi connectivity index (χ3n) is 2.72. The van der Waals surface area contributed by atoms with E-state index in [2.05, 4.69) is 16.2 Å². The topological polar surface area (TPSA) is 66.8 Å². The molecule has 122 valence electrons. The van der Waals surface area contributed by atoms with Gasteiger partial charge < -0.3 is 15.0 Å². The summed E-state index contributed by atoms with van der Waals surface area (Å²) in [4.78, 5) is 13.1. The molecule has 1 aromatic carbocycles. The highest BCUT2D eigenvalue weighted by atomic mass is 32.1. The number of nitrogens with one attached hydrogen (secondary N) is 4. The van der Waals surface area contributed by atoms with Crippen LogP contribution in [-0.4, -0.2) is 44.3 Å². The molecule has 0 saturated heterocycles. The number of quaternary nitrogens is 1. The van der Waals surface area contributed by atoms with E-state index in [1.54, 1.807) is 12.1 Å². The Hall–Kier alpha value is -1.93. The molecular weight excluding hydrogens is 307 g/mol. The maximum absolute atomic E-state index is 13.4. The lowest BCUT2D eigenvalue weighted by molar-refractivity contribution is -0.856. The van der Waals surface area contributed by atoms with Gasteiger partial charge >= 0.3 is 0 Å². The molecule has 0 spiro atoms.